The maximum Gasteiger partial charge on any atom is 0.249 e. The van der Waals surface area contributed by atoms with Crippen LogP contribution in [-0.2, 0) is 16.3 Å². The van der Waals surface area contributed by atoms with Crippen molar-refractivity contribution in [1.29, 1.82) is 0 Å². The molecule has 1 amide bonds. The molecule has 0 aliphatic carbocycles. The van der Waals surface area contributed by atoms with Gasteiger partial charge in [0.2, 0.25) is 11.7 Å². The topological polar surface area (TPSA) is 105 Å². The van der Waals surface area contributed by atoms with Crippen molar-refractivity contribution in [3.63, 3.8) is 0 Å². The van der Waals surface area contributed by atoms with Crippen LogP contribution in [-0.4, -0.2) is 47.7 Å². The molecule has 2 aromatic rings. The Morgan fingerprint density at radius 1 is 1.03 bits per heavy atom. The summed E-state index contributed by atoms with van der Waals surface area (Å²) in [7, 11) is 1.26. The number of amides is 1. The van der Waals surface area contributed by atoms with Crippen LogP contribution in [0.3, 0.4) is 0 Å². The molecule has 158 valence electrons. The third kappa shape index (κ3) is 5.63. The van der Waals surface area contributed by atoms with Gasteiger partial charge < -0.3 is 19.9 Å². The van der Waals surface area contributed by atoms with Gasteiger partial charge in [0.25, 0.3) is 0 Å². The van der Waals surface area contributed by atoms with Crippen LogP contribution < -0.4 is 19.9 Å². The summed E-state index contributed by atoms with van der Waals surface area (Å²) >= 11 is 0. The maximum atomic E-state index is 12.2. The Labute approximate surface area is 171 Å². The van der Waals surface area contributed by atoms with Crippen LogP contribution in [0.15, 0.2) is 36.4 Å². The van der Waals surface area contributed by atoms with Crippen LogP contribution >= 0.6 is 0 Å². The van der Waals surface area contributed by atoms with Crippen molar-refractivity contribution < 1.29 is 27.4 Å². The van der Waals surface area contributed by atoms with E-state index in [9.17, 15) is 13.2 Å². The molecular formula is C21H27NO6S. The van der Waals surface area contributed by atoms with Crippen LogP contribution in [0.4, 0.5) is 0 Å². The van der Waals surface area contributed by atoms with Crippen LogP contribution in [0.2, 0.25) is 0 Å². The summed E-state index contributed by atoms with van der Waals surface area (Å²) < 4.78 is 39.8. The van der Waals surface area contributed by atoms with Crippen LogP contribution in [0, 0.1) is 0 Å². The van der Waals surface area contributed by atoms with E-state index in [-0.39, 0.29) is 17.2 Å². The molecular weight excluding hydrogens is 394 g/mol. The van der Waals surface area contributed by atoms with Crippen molar-refractivity contribution in [2.45, 2.75) is 18.8 Å². The van der Waals surface area contributed by atoms with Crippen molar-refractivity contribution >= 4 is 15.7 Å². The number of carbonyl (C=O) groups excluding carboxylic acids is 1. The van der Waals surface area contributed by atoms with E-state index in [1.54, 1.807) is 0 Å². The minimum absolute atomic E-state index is 0.0219. The van der Waals surface area contributed by atoms with Crippen LogP contribution in [0.5, 0.6) is 17.2 Å². The lowest BCUT2D eigenvalue weighted by molar-refractivity contribution is 0.0998. The molecule has 0 aromatic heterocycles. The second kappa shape index (κ2) is 9.65. The molecule has 0 aliphatic heterocycles. The van der Waals surface area contributed by atoms with E-state index in [1.165, 1.54) is 33.7 Å². The maximum absolute atomic E-state index is 12.2. The van der Waals surface area contributed by atoms with Crippen molar-refractivity contribution in [1.82, 2.24) is 0 Å². The van der Waals surface area contributed by atoms with E-state index in [4.69, 9.17) is 19.9 Å². The summed E-state index contributed by atoms with van der Waals surface area (Å²) in [5.74, 6) is 0.249. The van der Waals surface area contributed by atoms with Gasteiger partial charge in [0.05, 0.1) is 27.1 Å². The molecule has 0 saturated carbocycles. The Morgan fingerprint density at radius 2 is 1.66 bits per heavy atom. The number of ether oxygens (including phenoxy) is 3. The second-order valence-corrected chi connectivity index (χ2v) is 9.03. The number of benzene rings is 2. The van der Waals surface area contributed by atoms with E-state index in [2.05, 4.69) is 0 Å². The minimum atomic E-state index is -3.15. The highest BCUT2D eigenvalue weighted by Crippen LogP contribution is 2.44. The van der Waals surface area contributed by atoms with Crippen molar-refractivity contribution in [3.05, 3.63) is 53.1 Å². The molecule has 2 aromatic carbocycles. The number of methoxy groups -OCH3 is 3. The number of hydrogen-bond donors (Lipinski definition) is 1. The molecule has 2 N–H and O–H groups in total. The van der Waals surface area contributed by atoms with Gasteiger partial charge in [-0.1, -0.05) is 30.3 Å². The fourth-order valence-electron chi connectivity index (χ4n) is 3.35. The van der Waals surface area contributed by atoms with Gasteiger partial charge in [0, 0.05) is 17.4 Å². The van der Waals surface area contributed by atoms with Gasteiger partial charge in [-0.2, -0.15) is 0 Å². The molecule has 0 heterocycles. The zero-order valence-electron chi connectivity index (χ0n) is 17.1. The lowest BCUT2D eigenvalue weighted by Crippen LogP contribution is -2.18. The molecule has 1 atom stereocenters. The molecule has 7 nitrogen and oxygen atoms in total. The number of carbonyl (C=O) groups is 1. The van der Waals surface area contributed by atoms with E-state index in [0.29, 0.717) is 35.7 Å². The fourth-order valence-corrected chi connectivity index (χ4v) is 4.07. The Morgan fingerprint density at radius 3 is 2.14 bits per heavy atom. The fraction of sp³-hybridized carbons (Fsp3) is 0.381. The van der Waals surface area contributed by atoms with Crippen molar-refractivity contribution in [2.24, 2.45) is 5.73 Å². The smallest absolute Gasteiger partial charge is 0.249 e. The number of nitrogens with two attached hydrogens (primary N) is 1. The summed E-state index contributed by atoms with van der Waals surface area (Å²) in [6, 6.07) is 11.1. The molecule has 0 saturated heterocycles. The highest BCUT2D eigenvalue weighted by Gasteiger charge is 2.26. The molecule has 0 aliphatic rings. The summed E-state index contributed by atoms with van der Waals surface area (Å²) in [5.41, 5.74) is 7.39. The molecule has 29 heavy (non-hydrogen) atoms. The third-order valence-corrected chi connectivity index (χ3v) is 5.73. The standard InChI is InChI=1S/C21H27NO6S/c1-26-18-13-17(21(22)23)16(19(27-2)20(18)28-3)12-15(10-11-29(4,24)25)14-8-6-5-7-9-14/h5-9,13,15H,10-12H2,1-4H3,(H2,22,23). The number of rotatable bonds is 10. The van der Waals surface area contributed by atoms with Gasteiger partial charge in [-0.3, -0.25) is 4.79 Å². The zero-order valence-corrected chi connectivity index (χ0v) is 17.9. The summed E-state index contributed by atoms with van der Waals surface area (Å²) in [5, 5.41) is 0. The summed E-state index contributed by atoms with van der Waals surface area (Å²) in [6.07, 6.45) is 1.95. The van der Waals surface area contributed by atoms with Crippen LogP contribution in [0.25, 0.3) is 0 Å². The largest absolute Gasteiger partial charge is 0.493 e. The van der Waals surface area contributed by atoms with E-state index >= 15 is 0 Å². The molecule has 0 spiro atoms. The number of primary amides is 1. The Hall–Kier alpha value is -2.74. The first kappa shape index (κ1) is 22.5. The molecule has 0 fully saturated rings. The predicted octanol–water partition coefficient (Wildman–Crippen LogP) is 2.57. The third-order valence-electron chi connectivity index (χ3n) is 4.76. The van der Waals surface area contributed by atoms with Gasteiger partial charge in [0.15, 0.2) is 11.5 Å². The van der Waals surface area contributed by atoms with E-state index < -0.39 is 15.7 Å². The van der Waals surface area contributed by atoms with Gasteiger partial charge >= 0.3 is 0 Å². The Kier molecular flexibility index (Phi) is 7.50. The van der Waals surface area contributed by atoms with Gasteiger partial charge in [-0.05, 0) is 30.4 Å². The average molecular weight is 422 g/mol. The Balaban J connectivity index is 2.60. The van der Waals surface area contributed by atoms with Crippen molar-refractivity contribution in [3.8, 4) is 17.2 Å². The SMILES string of the molecule is COc1cc(C(N)=O)c(CC(CCS(C)(=O)=O)c2ccccc2)c(OC)c1OC. The first-order valence-corrected chi connectivity index (χ1v) is 11.1. The Bertz CT molecular complexity index is 957. The monoisotopic (exact) mass is 421 g/mol. The lowest BCUT2D eigenvalue weighted by Gasteiger charge is -2.23. The number of hydrogen-bond acceptors (Lipinski definition) is 6. The molecule has 0 bridgehead atoms. The quantitative estimate of drug-likeness (QED) is 0.632. The summed E-state index contributed by atoms with van der Waals surface area (Å²) in [4.78, 5) is 12.2. The molecule has 2 rings (SSSR count). The molecule has 0 radical (unpaired) electrons. The van der Waals surface area contributed by atoms with Crippen LogP contribution in [0.1, 0.15) is 33.8 Å². The molecule has 1 unspecified atom stereocenters. The highest BCUT2D eigenvalue weighted by atomic mass is 32.2. The number of sulfone groups is 1. The highest BCUT2D eigenvalue weighted by molar-refractivity contribution is 7.90. The normalized spacial score (nSPS) is 12.3. The van der Waals surface area contributed by atoms with Gasteiger partial charge in [-0.25, -0.2) is 8.42 Å². The summed E-state index contributed by atoms with van der Waals surface area (Å²) in [6.45, 7) is 0. The molecule has 8 heteroatoms. The first-order chi connectivity index (χ1) is 13.7. The van der Waals surface area contributed by atoms with Gasteiger partial charge in [0.1, 0.15) is 9.84 Å². The predicted molar refractivity (Wildman–Crippen MR) is 112 cm³/mol. The van der Waals surface area contributed by atoms with E-state index in [1.807, 2.05) is 30.3 Å². The first-order valence-electron chi connectivity index (χ1n) is 9.06. The zero-order chi connectivity index (χ0) is 21.6. The van der Waals surface area contributed by atoms with E-state index in [0.717, 1.165) is 5.56 Å². The van der Waals surface area contributed by atoms with Gasteiger partial charge in [-0.15, -0.1) is 0 Å². The lowest BCUT2D eigenvalue weighted by atomic mass is 9.87. The van der Waals surface area contributed by atoms with Crippen molar-refractivity contribution in [2.75, 3.05) is 33.3 Å². The minimum Gasteiger partial charge on any atom is -0.493 e. The second-order valence-electron chi connectivity index (χ2n) is 6.77. The average Bonchev–Trinajstić information content (AvgIpc) is 2.69.